The zero-order valence-electron chi connectivity index (χ0n) is 18.4. The van der Waals surface area contributed by atoms with Crippen molar-refractivity contribution in [1.29, 1.82) is 0 Å². The van der Waals surface area contributed by atoms with E-state index in [1.807, 2.05) is 0 Å². The van der Waals surface area contributed by atoms with Gasteiger partial charge in [0.15, 0.2) is 6.61 Å². The number of nitrogens with zero attached hydrogens (tertiary/aromatic N) is 6. The third kappa shape index (κ3) is 5.78. The molecule has 0 bridgehead atoms. The number of esters is 1. The summed E-state index contributed by atoms with van der Waals surface area (Å²) in [4.78, 5) is 25.7. The predicted molar refractivity (Wildman–Crippen MR) is 122 cm³/mol. The molecule has 1 aromatic heterocycles. The fraction of sp³-hybridized carbons (Fsp3) is 0.0833. The highest BCUT2D eigenvalue weighted by Gasteiger charge is 2.31. The summed E-state index contributed by atoms with van der Waals surface area (Å²) in [5.41, 5.74) is -0.102. The summed E-state index contributed by atoms with van der Waals surface area (Å²) in [5.74, 6) is -1.72. The Kier molecular flexibility index (Phi) is 7.14. The first-order valence-electron chi connectivity index (χ1n) is 10.4. The molecule has 0 fully saturated rings. The number of hydrazone groups is 1. The monoisotopic (exact) mass is 494 g/mol. The summed E-state index contributed by atoms with van der Waals surface area (Å²) in [6, 6.07) is 19.1. The smallest absolute Gasteiger partial charge is 0.416 e. The third-order valence-corrected chi connectivity index (χ3v) is 4.82. The number of tetrazole rings is 1. The van der Waals surface area contributed by atoms with E-state index in [2.05, 4.69) is 20.6 Å². The van der Waals surface area contributed by atoms with E-state index in [0.29, 0.717) is 11.3 Å². The van der Waals surface area contributed by atoms with Crippen LogP contribution in [0.15, 0.2) is 90.3 Å². The molecule has 0 aliphatic heterocycles. The van der Waals surface area contributed by atoms with Crippen LogP contribution in [0.5, 0.6) is 0 Å². The zero-order valence-corrected chi connectivity index (χ0v) is 18.4. The average molecular weight is 494 g/mol. The van der Waals surface area contributed by atoms with Gasteiger partial charge < -0.3 is 4.74 Å². The molecule has 0 spiro atoms. The van der Waals surface area contributed by atoms with E-state index in [9.17, 15) is 22.8 Å². The van der Waals surface area contributed by atoms with E-state index < -0.39 is 30.2 Å². The highest BCUT2D eigenvalue weighted by atomic mass is 19.4. The van der Waals surface area contributed by atoms with Gasteiger partial charge in [0.1, 0.15) is 6.33 Å². The Balaban J connectivity index is 1.57. The van der Waals surface area contributed by atoms with Crippen LogP contribution in [-0.4, -0.2) is 44.9 Å². The average Bonchev–Trinajstić information content (AvgIpc) is 3.43. The Morgan fingerprint density at radius 1 is 1.00 bits per heavy atom. The number of rotatable bonds is 7. The van der Waals surface area contributed by atoms with Crippen LogP contribution in [0.2, 0.25) is 0 Å². The van der Waals surface area contributed by atoms with Crippen LogP contribution in [0.25, 0.3) is 5.69 Å². The molecule has 0 atom stereocenters. The Bertz CT molecular complexity index is 1380. The van der Waals surface area contributed by atoms with Gasteiger partial charge in [0.05, 0.1) is 28.7 Å². The van der Waals surface area contributed by atoms with E-state index >= 15 is 0 Å². The van der Waals surface area contributed by atoms with Gasteiger partial charge in [-0.3, -0.25) is 4.79 Å². The normalized spacial score (nSPS) is 11.4. The van der Waals surface area contributed by atoms with Crippen molar-refractivity contribution in [2.24, 2.45) is 5.10 Å². The Morgan fingerprint density at radius 3 is 2.47 bits per heavy atom. The highest BCUT2D eigenvalue weighted by molar-refractivity contribution is 5.99. The maximum Gasteiger partial charge on any atom is 0.416 e. The van der Waals surface area contributed by atoms with Gasteiger partial charge in [0, 0.05) is 0 Å². The van der Waals surface area contributed by atoms with Crippen molar-refractivity contribution in [1.82, 2.24) is 20.2 Å². The second kappa shape index (κ2) is 10.6. The molecule has 0 radical (unpaired) electrons. The van der Waals surface area contributed by atoms with Gasteiger partial charge in [-0.25, -0.2) is 4.79 Å². The third-order valence-electron chi connectivity index (χ3n) is 4.82. The zero-order chi connectivity index (χ0) is 25.5. The second-order valence-corrected chi connectivity index (χ2v) is 7.26. The number of ether oxygens (including phenoxy) is 1. The standard InChI is InChI=1S/C24H17F3N6O3/c25-24(26,27)18-9-6-10-19(13-18)33(29-14-17-7-2-1-3-8-17)22(34)15-36-23(35)20-11-4-5-12-21(20)32-16-28-30-31-32/h1-14,16H,15H2/b29-14+. The molecule has 12 heteroatoms. The molecule has 0 N–H and O–H groups in total. The molecule has 0 saturated carbocycles. The first-order valence-corrected chi connectivity index (χ1v) is 10.4. The number of para-hydroxylation sites is 1. The van der Waals surface area contributed by atoms with Crippen molar-refractivity contribution in [2.75, 3.05) is 11.6 Å². The number of carbonyl (C=O) groups excluding carboxylic acids is 2. The number of hydrogen-bond donors (Lipinski definition) is 0. The molecule has 9 nitrogen and oxygen atoms in total. The highest BCUT2D eigenvalue weighted by Crippen LogP contribution is 2.31. The predicted octanol–water partition coefficient (Wildman–Crippen LogP) is 3.91. The molecule has 36 heavy (non-hydrogen) atoms. The maximum absolute atomic E-state index is 13.3. The molecule has 1 heterocycles. The largest absolute Gasteiger partial charge is 0.452 e. The van der Waals surface area contributed by atoms with Crippen molar-refractivity contribution in [2.45, 2.75) is 6.18 Å². The summed E-state index contributed by atoms with van der Waals surface area (Å²) in [6.45, 7) is -0.787. The number of anilines is 1. The fourth-order valence-corrected chi connectivity index (χ4v) is 3.14. The molecule has 3 aromatic carbocycles. The molecular formula is C24H17F3N6O3. The van der Waals surface area contributed by atoms with Crippen molar-refractivity contribution < 1.29 is 27.5 Å². The molecule has 4 aromatic rings. The molecule has 1 amide bonds. The summed E-state index contributed by atoms with van der Waals surface area (Å²) < 4.78 is 46.2. The first-order chi connectivity index (χ1) is 17.3. The summed E-state index contributed by atoms with van der Waals surface area (Å²) in [6.07, 6.45) is -2.03. The summed E-state index contributed by atoms with van der Waals surface area (Å²) in [5, 5.41) is 15.6. The van der Waals surface area contributed by atoms with Crippen LogP contribution in [0.3, 0.4) is 0 Å². The van der Waals surface area contributed by atoms with E-state index in [4.69, 9.17) is 4.74 Å². The number of halogens is 3. The minimum atomic E-state index is -4.62. The molecule has 0 aliphatic rings. The van der Waals surface area contributed by atoms with E-state index in [1.54, 1.807) is 48.5 Å². The lowest BCUT2D eigenvalue weighted by molar-refractivity contribution is -0.137. The van der Waals surface area contributed by atoms with Gasteiger partial charge in [-0.15, -0.1) is 5.10 Å². The maximum atomic E-state index is 13.3. The molecular weight excluding hydrogens is 477 g/mol. The van der Waals surface area contributed by atoms with Crippen LogP contribution in [0, 0.1) is 0 Å². The van der Waals surface area contributed by atoms with Crippen LogP contribution in [-0.2, 0) is 15.7 Å². The lowest BCUT2D eigenvalue weighted by Gasteiger charge is -2.19. The van der Waals surface area contributed by atoms with Gasteiger partial charge in [-0.1, -0.05) is 48.5 Å². The Morgan fingerprint density at radius 2 is 1.75 bits per heavy atom. The van der Waals surface area contributed by atoms with E-state index in [0.717, 1.165) is 23.2 Å². The number of benzene rings is 3. The molecule has 0 unspecified atom stereocenters. The van der Waals surface area contributed by atoms with Gasteiger partial charge in [-0.05, 0) is 46.3 Å². The lowest BCUT2D eigenvalue weighted by Crippen LogP contribution is -2.31. The summed E-state index contributed by atoms with van der Waals surface area (Å²) >= 11 is 0. The lowest BCUT2D eigenvalue weighted by atomic mass is 10.2. The minimum Gasteiger partial charge on any atom is -0.452 e. The first kappa shape index (κ1) is 24.3. The van der Waals surface area contributed by atoms with Crippen molar-refractivity contribution in [3.8, 4) is 5.69 Å². The Hall–Kier alpha value is -4.87. The fourth-order valence-electron chi connectivity index (χ4n) is 3.14. The minimum absolute atomic E-state index is 0.0796. The van der Waals surface area contributed by atoms with Crippen molar-refractivity contribution in [3.63, 3.8) is 0 Å². The van der Waals surface area contributed by atoms with Crippen LogP contribution in [0.4, 0.5) is 18.9 Å². The number of carbonyl (C=O) groups is 2. The molecule has 182 valence electrons. The number of aromatic nitrogens is 4. The quantitative estimate of drug-likeness (QED) is 0.219. The van der Waals surface area contributed by atoms with Crippen molar-refractivity contribution in [3.05, 3.63) is 102 Å². The van der Waals surface area contributed by atoms with E-state index in [-0.39, 0.29) is 11.3 Å². The van der Waals surface area contributed by atoms with Crippen molar-refractivity contribution >= 4 is 23.8 Å². The van der Waals surface area contributed by atoms with Gasteiger partial charge in [0.2, 0.25) is 0 Å². The number of alkyl halides is 3. The van der Waals surface area contributed by atoms with Gasteiger partial charge in [0.25, 0.3) is 5.91 Å². The van der Waals surface area contributed by atoms with Gasteiger partial charge >= 0.3 is 12.1 Å². The Labute approximate surface area is 202 Å². The number of hydrogen-bond acceptors (Lipinski definition) is 7. The molecule has 4 rings (SSSR count). The van der Waals surface area contributed by atoms with Crippen LogP contribution in [0.1, 0.15) is 21.5 Å². The number of amides is 1. The summed E-state index contributed by atoms with van der Waals surface area (Å²) in [7, 11) is 0. The SMILES string of the molecule is O=C(OCC(=O)N(/N=C/c1ccccc1)c1cccc(C(F)(F)F)c1)c1ccccc1-n1cnnn1. The molecule has 0 saturated heterocycles. The second-order valence-electron chi connectivity index (χ2n) is 7.26. The molecule has 0 aliphatic carbocycles. The van der Waals surface area contributed by atoms with Gasteiger partial charge in [-0.2, -0.15) is 28.0 Å². The van der Waals surface area contributed by atoms with Crippen LogP contribution < -0.4 is 5.01 Å². The van der Waals surface area contributed by atoms with Crippen LogP contribution >= 0.6 is 0 Å². The van der Waals surface area contributed by atoms with E-state index in [1.165, 1.54) is 29.4 Å². The topological polar surface area (TPSA) is 103 Å².